The molecular formula is C14H13N3O3. The van der Waals surface area contributed by atoms with Gasteiger partial charge < -0.3 is 14.3 Å². The number of fused-ring (bicyclic) bond motifs is 1. The predicted octanol–water partition coefficient (Wildman–Crippen LogP) is 2.40. The Balaban J connectivity index is 1.87. The molecule has 0 aliphatic rings. The second-order valence-electron chi connectivity index (χ2n) is 4.55. The lowest BCUT2D eigenvalue weighted by atomic mass is 10.1. The number of anilines is 1. The number of hydrogen-bond donors (Lipinski definition) is 1. The summed E-state index contributed by atoms with van der Waals surface area (Å²) in [4.78, 5) is 15.5. The summed E-state index contributed by atoms with van der Waals surface area (Å²) in [6, 6.07) is 7.09. The highest BCUT2D eigenvalue weighted by atomic mass is 16.5. The molecule has 1 N–H and O–H groups in total. The highest BCUT2D eigenvalue weighted by Crippen LogP contribution is 2.21. The summed E-state index contributed by atoms with van der Waals surface area (Å²) in [6.45, 7) is 4.07. The highest BCUT2D eigenvalue weighted by molar-refractivity contribution is 5.83. The molecular weight excluding hydrogens is 258 g/mol. The number of aryl methyl sites for hydroxylation is 2. The van der Waals surface area contributed by atoms with Crippen LogP contribution in [0.15, 0.2) is 38.0 Å². The maximum atomic E-state index is 11.4. The van der Waals surface area contributed by atoms with Gasteiger partial charge in [0.05, 0.1) is 6.54 Å². The number of nitrogens with one attached hydrogen (secondary N) is 1. The first kappa shape index (κ1) is 12.4. The first-order valence-corrected chi connectivity index (χ1v) is 6.19. The second kappa shape index (κ2) is 4.80. The van der Waals surface area contributed by atoms with Gasteiger partial charge in [0.15, 0.2) is 5.82 Å². The van der Waals surface area contributed by atoms with E-state index >= 15 is 0 Å². The van der Waals surface area contributed by atoms with Gasteiger partial charge in [-0.05, 0) is 31.5 Å². The third-order valence-corrected chi connectivity index (χ3v) is 2.96. The molecule has 0 bridgehead atoms. The normalized spacial score (nSPS) is 10.9. The van der Waals surface area contributed by atoms with E-state index in [0.29, 0.717) is 23.8 Å². The maximum Gasteiger partial charge on any atom is 0.336 e. The molecule has 0 atom stereocenters. The molecule has 0 spiro atoms. The van der Waals surface area contributed by atoms with Gasteiger partial charge in [0, 0.05) is 23.2 Å². The van der Waals surface area contributed by atoms with Crippen molar-refractivity contribution in [3.05, 3.63) is 52.0 Å². The molecule has 0 radical (unpaired) electrons. The minimum atomic E-state index is -0.348. The first-order chi connectivity index (χ1) is 9.61. The van der Waals surface area contributed by atoms with Gasteiger partial charge in [-0.15, -0.1) is 0 Å². The lowest BCUT2D eigenvalue weighted by Crippen LogP contribution is -2.01. The van der Waals surface area contributed by atoms with E-state index in [1.165, 1.54) is 6.07 Å². The molecule has 0 saturated carbocycles. The molecule has 3 rings (SSSR count). The monoisotopic (exact) mass is 271 g/mol. The quantitative estimate of drug-likeness (QED) is 0.737. The zero-order chi connectivity index (χ0) is 14.1. The summed E-state index contributed by atoms with van der Waals surface area (Å²) in [5.41, 5.74) is 1.93. The molecule has 0 fully saturated rings. The summed E-state index contributed by atoms with van der Waals surface area (Å²) >= 11 is 0. The fraction of sp³-hybridized carbons (Fsp3) is 0.214. The standard InChI is InChI=1S/C14H13N3O3/c1-8-5-14(18)19-12-6-10(3-4-11(8)12)15-7-13-16-9(2)17-20-13/h3-6,15H,7H2,1-2H3. The third-order valence-electron chi connectivity index (χ3n) is 2.96. The van der Waals surface area contributed by atoms with Crippen LogP contribution < -0.4 is 10.9 Å². The smallest absolute Gasteiger partial charge is 0.336 e. The van der Waals surface area contributed by atoms with Crippen LogP contribution in [-0.4, -0.2) is 10.1 Å². The average molecular weight is 271 g/mol. The second-order valence-corrected chi connectivity index (χ2v) is 4.55. The van der Waals surface area contributed by atoms with Crippen molar-refractivity contribution in [2.24, 2.45) is 0 Å². The molecule has 0 saturated heterocycles. The number of rotatable bonds is 3. The van der Waals surface area contributed by atoms with E-state index in [0.717, 1.165) is 16.6 Å². The van der Waals surface area contributed by atoms with Gasteiger partial charge in [-0.2, -0.15) is 4.98 Å². The molecule has 6 heteroatoms. The van der Waals surface area contributed by atoms with Gasteiger partial charge in [-0.1, -0.05) is 5.16 Å². The summed E-state index contributed by atoms with van der Waals surface area (Å²) < 4.78 is 10.2. The Morgan fingerprint density at radius 2 is 2.10 bits per heavy atom. The van der Waals surface area contributed by atoms with Gasteiger partial charge in [-0.25, -0.2) is 4.79 Å². The van der Waals surface area contributed by atoms with Gasteiger partial charge in [0.1, 0.15) is 5.58 Å². The molecule has 2 aromatic heterocycles. The van der Waals surface area contributed by atoms with Crippen LogP contribution in [0.25, 0.3) is 11.0 Å². The summed E-state index contributed by atoms with van der Waals surface area (Å²) in [7, 11) is 0. The number of hydrogen-bond acceptors (Lipinski definition) is 6. The van der Waals surface area contributed by atoms with Crippen LogP contribution in [0.1, 0.15) is 17.3 Å². The molecule has 20 heavy (non-hydrogen) atoms. The van der Waals surface area contributed by atoms with Crippen LogP contribution >= 0.6 is 0 Å². The Hall–Kier alpha value is -2.63. The van der Waals surface area contributed by atoms with Crippen LogP contribution in [0, 0.1) is 13.8 Å². The summed E-state index contributed by atoms with van der Waals surface area (Å²) in [6.07, 6.45) is 0. The number of nitrogens with zero attached hydrogens (tertiary/aromatic N) is 2. The lowest BCUT2D eigenvalue weighted by Gasteiger charge is -2.05. The van der Waals surface area contributed by atoms with Gasteiger partial charge in [0.25, 0.3) is 0 Å². The van der Waals surface area contributed by atoms with E-state index in [2.05, 4.69) is 15.5 Å². The van der Waals surface area contributed by atoms with Crippen molar-refractivity contribution < 1.29 is 8.94 Å². The molecule has 0 unspecified atom stereocenters. The van der Waals surface area contributed by atoms with Crippen molar-refractivity contribution in [1.82, 2.24) is 10.1 Å². The van der Waals surface area contributed by atoms with E-state index in [-0.39, 0.29) is 5.63 Å². The summed E-state index contributed by atoms with van der Waals surface area (Å²) in [5, 5.41) is 7.78. The minimum absolute atomic E-state index is 0.348. The number of benzene rings is 1. The molecule has 0 aliphatic carbocycles. The van der Waals surface area contributed by atoms with E-state index < -0.39 is 0 Å². The Morgan fingerprint density at radius 3 is 2.85 bits per heavy atom. The Bertz CT molecular complexity index is 820. The van der Waals surface area contributed by atoms with Gasteiger partial charge in [-0.3, -0.25) is 0 Å². The van der Waals surface area contributed by atoms with E-state index in [1.54, 1.807) is 13.0 Å². The Labute approximate surface area is 114 Å². The Kier molecular flexibility index (Phi) is 2.98. The molecule has 1 aromatic carbocycles. The van der Waals surface area contributed by atoms with Crippen molar-refractivity contribution in [2.75, 3.05) is 5.32 Å². The van der Waals surface area contributed by atoms with Crippen LogP contribution in [-0.2, 0) is 6.54 Å². The maximum absolute atomic E-state index is 11.4. The molecule has 102 valence electrons. The van der Waals surface area contributed by atoms with Crippen molar-refractivity contribution >= 4 is 16.7 Å². The van der Waals surface area contributed by atoms with Crippen LogP contribution in [0.3, 0.4) is 0 Å². The van der Waals surface area contributed by atoms with Crippen LogP contribution in [0.4, 0.5) is 5.69 Å². The SMILES string of the molecule is Cc1noc(CNc2ccc3c(C)cc(=O)oc3c2)n1. The predicted molar refractivity (Wildman–Crippen MR) is 73.6 cm³/mol. The van der Waals surface area contributed by atoms with Gasteiger partial charge in [0.2, 0.25) is 5.89 Å². The lowest BCUT2D eigenvalue weighted by molar-refractivity contribution is 0.379. The van der Waals surface area contributed by atoms with Gasteiger partial charge >= 0.3 is 5.63 Å². The van der Waals surface area contributed by atoms with Crippen LogP contribution in [0.5, 0.6) is 0 Å². The fourth-order valence-corrected chi connectivity index (χ4v) is 2.02. The summed E-state index contributed by atoms with van der Waals surface area (Å²) in [5.74, 6) is 1.11. The fourth-order valence-electron chi connectivity index (χ4n) is 2.02. The topological polar surface area (TPSA) is 81.2 Å². The molecule has 0 amide bonds. The van der Waals surface area contributed by atoms with Crippen molar-refractivity contribution in [1.29, 1.82) is 0 Å². The van der Waals surface area contributed by atoms with Crippen molar-refractivity contribution in [2.45, 2.75) is 20.4 Å². The molecule has 6 nitrogen and oxygen atoms in total. The minimum Gasteiger partial charge on any atom is -0.423 e. The molecule has 0 aliphatic heterocycles. The third kappa shape index (κ3) is 2.40. The average Bonchev–Trinajstić information content (AvgIpc) is 2.81. The first-order valence-electron chi connectivity index (χ1n) is 6.19. The zero-order valence-electron chi connectivity index (χ0n) is 11.1. The van der Waals surface area contributed by atoms with E-state index in [1.807, 2.05) is 19.1 Å². The molecule has 2 heterocycles. The highest BCUT2D eigenvalue weighted by Gasteiger charge is 2.05. The van der Waals surface area contributed by atoms with E-state index in [4.69, 9.17) is 8.94 Å². The zero-order valence-corrected chi connectivity index (χ0v) is 11.1. The van der Waals surface area contributed by atoms with Crippen molar-refractivity contribution in [3.63, 3.8) is 0 Å². The molecule has 3 aromatic rings. The van der Waals surface area contributed by atoms with E-state index in [9.17, 15) is 4.79 Å². The van der Waals surface area contributed by atoms with Crippen LogP contribution in [0.2, 0.25) is 0 Å². The number of aromatic nitrogens is 2. The largest absolute Gasteiger partial charge is 0.423 e. The van der Waals surface area contributed by atoms with Crippen molar-refractivity contribution in [3.8, 4) is 0 Å². The Morgan fingerprint density at radius 1 is 1.25 bits per heavy atom.